The van der Waals surface area contributed by atoms with Gasteiger partial charge in [-0.25, -0.2) is 14.8 Å². The largest absolute Gasteiger partial charge is 0.490 e. The Morgan fingerprint density at radius 2 is 2.09 bits per heavy atom. The van der Waals surface area contributed by atoms with Crippen LogP contribution >= 0.6 is 11.3 Å². The van der Waals surface area contributed by atoms with E-state index in [1.54, 1.807) is 23.7 Å². The number of likely N-dealkylation sites (tertiary alicyclic amines) is 1. The van der Waals surface area contributed by atoms with E-state index >= 15 is 0 Å². The zero-order valence-corrected chi connectivity index (χ0v) is 18.5. The van der Waals surface area contributed by atoms with Crippen LogP contribution in [0.4, 0.5) is 19.0 Å². The van der Waals surface area contributed by atoms with Crippen molar-refractivity contribution in [2.45, 2.75) is 32.5 Å². The van der Waals surface area contributed by atoms with E-state index in [1.807, 2.05) is 6.20 Å². The van der Waals surface area contributed by atoms with Crippen LogP contribution in [-0.2, 0) is 16.1 Å². The quantitative estimate of drug-likeness (QED) is 0.728. The third-order valence-electron chi connectivity index (χ3n) is 5.35. The number of anilines is 1. The lowest BCUT2D eigenvalue weighted by molar-refractivity contribution is -0.192. The number of hydrogen-bond acceptors (Lipinski definition) is 8. The molecule has 1 spiro atoms. The predicted molar refractivity (Wildman–Crippen MR) is 113 cm³/mol. The summed E-state index contributed by atoms with van der Waals surface area (Å²) in [7, 11) is 0. The van der Waals surface area contributed by atoms with Crippen molar-refractivity contribution in [3.8, 4) is 0 Å². The van der Waals surface area contributed by atoms with Crippen molar-refractivity contribution >= 4 is 23.1 Å². The van der Waals surface area contributed by atoms with Gasteiger partial charge in [0.15, 0.2) is 0 Å². The highest BCUT2D eigenvalue weighted by Gasteiger charge is 2.39. The van der Waals surface area contributed by atoms with Gasteiger partial charge < -0.3 is 14.7 Å². The molecule has 2 fully saturated rings. The van der Waals surface area contributed by atoms with E-state index < -0.39 is 12.1 Å². The minimum Gasteiger partial charge on any atom is -0.475 e. The summed E-state index contributed by atoms with van der Waals surface area (Å²) >= 11 is 1.74. The molecule has 2 aromatic rings. The van der Waals surface area contributed by atoms with Crippen molar-refractivity contribution < 1.29 is 27.8 Å². The Bertz CT molecular complexity index is 883. The molecule has 0 amide bonds. The SMILES string of the molecule is Cc1nc(CN2CCCC3(COCCN(c4cnccn4)C3)C2)cs1.O=C(O)C(F)(F)F. The second kappa shape index (κ2) is 10.5. The number of carbonyl (C=O) groups is 1. The standard InChI is InChI=1S/C18H25N5OS.C2HF3O2/c1-15-21-16(11-25-15)10-22-6-2-3-18(12-22)13-23(7-8-24-14-18)17-9-19-4-5-20-17;3-2(4,5)1(6)7/h4-5,9,11H,2-3,6-8,10,12-14H2,1H3;(H,6,7). The number of aryl methyl sites for hydroxylation is 1. The van der Waals surface area contributed by atoms with E-state index in [9.17, 15) is 13.2 Å². The van der Waals surface area contributed by atoms with Gasteiger partial charge in [-0.3, -0.25) is 9.88 Å². The highest BCUT2D eigenvalue weighted by Crippen LogP contribution is 2.34. The van der Waals surface area contributed by atoms with Gasteiger partial charge in [0.1, 0.15) is 5.82 Å². The molecule has 1 unspecified atom stereocenters. The van der Waals surface area contributed by atoms with Crippen molar-refractivity contribution in [1.82, 2.24) is 19.9 Å². The summed E-state index contributed by atoms with van der Waals surface area (Å²) in [5.74, 6) is -1.80. The molecule has 8 nitrogen and oxygen atoms in total. The highest BCUT2D eigenvalue weighted by atomic mass is 32.1. The fourth-order valence-corrected chi connectivity index (χ4v) is 4.65. The van der Waals surface area contributed by atoms with E-state index in [0.717, 1.165) is 56.8 Å². The van der Waals surface area contributed by atoms with Crippen LogP contribution in [0.3, 0.4) is 0 Å². The molecule has 0 radical (unpaired) electrons. The Morgan fingerprint density at radius 3 is 2.72 bits per heavy atom. The number of aliphatic carboxylic acids is 1. The molecule has 2 aliphatic rings. The van der Waals surface area contributed by atoms with E-state index in [-0.39, 0.29) is 5.41 Å². The van der Waals surface area contributed by atoms with Gasteiger partial charge in [-0.15, -0.1) is 11.3 Å². The molecule has 1 atom stereocenters. The van der Waals surface area contributed by atoms with Crippen molar-refractivity contribution in [2.24, 2.45) is 5.41 Å². The molecule has 4 heterocycles. The Labute approximate surface area is 188 Å². The second-order valence-electron chi connectivity index (χ2n) is 8.01. The molecule has 2 saturated heterocycles. The van der Waals surface area contributed by atoms with Gasteiger partial charge in [-0.2, -0.15) is 13.2 Å². The first-order chi connectivity index (χ1) is 15.2. The number of alkyl halides is 3. The maximum Gasteiger partial charge on any atom is 0.490 e. The normalized spacial score (nSPS) is 22.2. The zero-order chi connectivity index (χ0) is 23.2. The molecular formula is C20H26F3N5O3S. The summed E-state index contributed by atoms with van der Waals surface area (Å²) in [5, 5.41) is 10.5. The highest BCUT2D eigenvalue weighted by molar-refractivity contribution is 7.09. The number of ether oxygens (including phenoxy) is 1. The zero-order valence-electron chi connectivity index (χ0n) is 17.7. The summed E-state index contributed by atoms with van der Waals surface area (Å²) < 4.78 is 37.7. The molecule has 1 N–H and O–H groups in total. The van der Waals surface area contributed by atoms with E-state index in [1.165, 1.54) is 18.5 Å². The summed E-state index contributed by atoms with van der Waals surface area (Å²) in [6.07, 6.45) is 2.69. The van der Waals surface area contributed by atoms with Crippen LogP contribution in [-0.4, -0.2) is 76.5 Å². The Hall–Kier alpha value is -2.31. The molecule has 4 rings (SSSR count). The number of piperidine rings is 1. The van der Waals surface area contributed by atoms with E-state index in [4.69, 9.17) is 14.6 Å². The van der Waals surface area contributed by atoms with Gasteiger partial charge in [-0.05, 0) is 26.3 Å². The maximum absolute atomic E-state index is 10.6. The Kier molecular flexibility index (Phi) is 8.01. The average Bonchev–Trinajstić information content (AvgIpc) is 3.04. The van der Waals surface area contributed by atoms with Crippen LogP contribution in [0.5, 0.6) is 0 Å². The number of carboxylic acids is 1. The van der Waals surface area contributed by atoms with Gasteiger partial charge >= 0.3 is 12.1 Å². The summed E-state index contributed by atoms with van der Waals surface area (Å²) in [5.41, 5.74) is 1.36. The van der Waals surface area contributed by atoms with Crippen molar-refractivity contribution in [3.63, 3.8) is 0 Å². The third-order valence-corrected chi connectivity index (χ3v) is 6.17. The van der Waals surface area contributed by atoms with Crippen molar-refractivity contribution in [1.29, 1.82) is 0 Å². The smallest absolute Gasteiger partial charge is 0.475 e. The van der Waals surface area contributed by atoms with Gasteiger partial charge in [0.2, 0.25) is 0 Å². The molecule has 12 heteroatoms. The first-order valence-corrected chi connectivity index (χ1v) is 11.1. The number of nitrogens with zero attached hydrogens (tertiary/aromatic N) is 5. The number of hydrogen-bond donors (Lipinski definition) is 1. The molecule has 0 bridgehead atoms. The topological polar surface area (TPSA) is 91.7 Å². The number of carboxylic acid groups (broad SMARTS) is 1. The van der Waals surface area contributed by atoms with Gasteiger partial charge in [0, 0.05) is 49.4 Å². The van der Waals surface area contributed by atoms with Crippen molar-refractivity contribution in [3.05, 3.63) is 34.7 Å². The second-order valence-corrected chi connectivity index (χ2v) is 9.07. The van der Waals surface area contributed by atoms with Crippen LogP contribution in [0.25, 0.3) is 0 Å². The number of halogens is 3. The molecular weight excluding hydrogens is 447 g/mol. The Morgan fingerprint density at radius 1 is 1.31 bits per heavy atom. The predicted octanol–water partition coefficient (Wildman–Crippen LogP) is 2.99. The third kappa shape index (κ3) is 6.84. The average molecular weight is 474 g/mol. The number of aromatic nitrogens is 3. The van der Waals surface area contributed by atoms with Crippen LogP contribution in [0.15, 0.2) is 24.0 Å². The van der Waals surface area contributed by atoms with Crippen LogP contribution < -0.4 is 4.90 Å². The van der Waals surface area contributed by atoms with Gasteiger partial charge in [0.05, 0.1) is 30.1 Å². The minimum atomic E-state index is -5.08. The lowest BCUT2D eigenvalue weighted by atomic mass is 9.80. The number of rotatable bonds is 3. The first-order valence-electron chi connectivity index (χ1n) is 10.2. The number of thiazole rings is 1. The monoisotopic (exact) mass is 473 g/mol. The summed E-state index contributed by atoms with van der Waals surface area (Å²) in [4.78, 5) is 27.2. The molecule has 176 valence electrons. The summed E-state index contributed by atoms with van der Waals surface area (Å²) in [6.45, 7) is 8.66. The van der Waals surface area contributed by atoms with Crippen LogP contribution in [0.1, 0.15) is 23.5 Å². The fraction of sp³-hybridized carbons (Fsp3) is 0.600. The molecule has 2 aromatic heterocycles. The van der Waals surface area contributed by atoms with Crippen LogP contribution in [0.2, 0.25) is 0 Å². The lowest BCUT2D eigenvalue weighted by Crippen LogP contribution is -2.50. The first kappa shape index (κ1) is 24.3. The summed E-state index contributed by atoms with van der Waals surface area (Å²) in [6, 6.07) is 0. The van der Waals surface area contributed by atoms with E-state index in [0.29, 0.717) is 0 Å². The maximum atomic E-state index is 10.6. The minimum absolute atomic E-state index is 0.164. The van der Waals surface area contributed by atoms with Gasteiger partial charge in [0.25, 0.3) is 0 Å². The molecule has 0 saturated carbocycles. The van der Waals surface area contributed by atoms with E-state index in [2.05, 4.69) is 37.1 Å². The molecule has 0 aliphatic carbocycles. The molecule has 0 aromatic carbocycles. The molecule has 32 heavy (non-hydrogen) atoms. The fourth-order valence-electron chi connectivity index (χ4n) is 4.04. The Balaban J connectivity index is 0.000000360. The van der Waals surface area contributed by atoms with Crippen molar-refractivity contribution in [2.75, 3.05) is 44.3 Å². The lowest BCUT2D eigenvalue weighted by Gasteiger charge is -2.43. The van der Waals surface area contributed by atoms with Crippen LogP contribution in [0, 0.1) is 12.3 Å². The molecule has 2 aliphatic heterocycles. The van der Waals surface area contributed by atoms with Gasteiger partial charge in [-0.1, -0.05) is 0 Å².